The predicted molar refractivity (Wildman–Crippen MR) is 115 cm³/mol. The minimum absolute atomic E-state index is 0.131. The van der Waals surface area contributed by atoms with Crippen molar-refractivity contribution in [3.63, 3.8) is 0 Å². The third-order valence-corrected chi connectivity index (χ3v) is 5.56. The number of halogens is 3. The molecule has 0 spiro atoms. The number of nitrogens with zero attached hydrogens (tertiary/aromatic N) is 1. The Kier molecular flexibility index (Phi) is 6.59. The van der Waals surface area contributed by atoms with Crippen molar-refractivity contribution in [2.75, 3.05) is 5.73 Å². The zero-order valence-corrected chi connectivity index (χ0v) is 16.9. The number of anilines is 1. The SMILES string of the molecule is N#C/C(=C(\N)Sc1ccccc1N)c1cccc(C(O)c2ccccc2C(F)(F)F)c1. The molecule has 0 fully saturated rings. The van der Waals surface area contributed by atoms with Crippen molar-refractivity contribution < 1.29 is 18.3 Å². The van der Waals surface area contributed by atoms with Gasteiger partial charge in [-0.25, -0.2) is 0 Å². The lowest BCUT2D eigenvalue weighted by Gasteiger charge is -2.18. The lowest BCUT2D eigenvalue weighted by Crippen LogP contribution is -2.12. The van der Waals surface area contributed by atoms with Crippen LogP contribution in [-0.2, 0) is 6.18 Å². The van der Waals surface area contributed by atoms with Crippen LogP contribution in [0.1, 0.15) is 28.4 Å². The van der Waals surface area contributed by atoms with Crippen LogP contribution in [0, 0.1) is 11.3 Å². The van der Waals surface area contributed by atoms with Gasteiger partial charge in [0.2, 0.25) is 0 Å². The van der Waals surface area contributed by atoms with Gasteiger partial charge in [0.1, 0.15) is 12.2 Å². The van der Waals surface area contributed by atoms with Crippen molar-refractivity contribution in [2.45, 2.75) is 17.2 Å². The molecule has 1 unspecified atom stereocenters. The predicted octanol–water partition coefficient (Wildman–Crippen LogP) is 5.31. The smallest absolute Gasteiger partial charge is 0.398 e. The molecule has 0 aliphatic carbocycles. The monoisotopic (exact) mass is 441 g/mol. The summed E-state index contributed by atoms with van der Waals surface area (Å²) in [6, 6.07) is 20.0. The van der Waals surface area contributed by atoms with E-state index in [2.05, 4.69) is 0 Å². The number of nitrogens with two attached hydrogens (primary N) is 2. The fourth-order valence-corrected chi connectivity index (χ4v) is 3.88. The van der Waals surface area contributed by atoms with E-state index in [-0.39, 0.29) is 21.7 Å². The number of nitriles is 1. The van der Waals surface area contributed by atoms with Crippen LogP contribution in [0.4, 0.5) is 18.9 Å². The van der Waals surface area contributed by atoms with Gasteiger partial charge in [-0.15, -0.1) is 0 Å². The Morgan fingerprint density at radius 2 is 1.68 bits per heavy atom. The molecule has 0 heterocycles. The molecular formula is C23H18F3N3OS. The largest absolute Gasteiger partial charge is 0.416 e. The lowest BCUT2D eigenvalue weighted by atomic mass is 9.94. The van der Waals surface area contributed by atoms with Gasteiger partial charge in [0, 0.05) is 10.6 Å². The number of benzene rings is 3. The molecule has 0 radical (unpaired) electrons. The molecule has 0 amide bonds. The number of hydrogen-bond acceptors (Lipinski definition) is 5. The van der Waals surface area contributed by atoms with Crippen molar-refractivity contribution in [3.05, 3.63) is 100 Å². The fourth-order valence-electron chi connectivity index (χ4n) is 3.04. The van der Waals surface area contributed by atoms with Crippen molar-refractivity contribution >= 4 is 23.0 Å². The Balaban J connectivity index is 1.99. The molecule has 0 saturated carbocycles. The number of alkyl halides is 3. The second kappa shape index (κ2) is 9.16. The molecule has 0 aliphatic rings. The highest BCUT2D eigenvalue weighted by Crippen LogP contribution is 2.37. The lowest BCUT2D eigenvalue weighted by molar-refractivity contribution is -0.139. The third kappa shape index (κ3) is 5.02. The van der Waals surface area contributed by atoms with Crippen molar-refractivity contribution in [2.24, 2.45) is 5.73 Å². The summed E-state index contributed by atoms with van der Waals surface area (Å²) in [4.78, 5) is 0.669. The van der Waals surface area contributed by atoms with Crippen LogP contribution in [-0.4, -0.2) is 5.11 Å². The summed E-state index contributed by atoms with van der Waals surface area (Å²) >= 11 is 1.11. The van der Waals surface area contributed by atoms with Crippen molar-refractivity contribution in [1.82, 2.24) is 0 Å². The van der Waals surface area contributed by atoms with Crippen LogP contribution in [0.2, 0.25) is 0 Å². The molecule has 1 atom stereocenters. The zero-order chi connectivity index (χ0) is 22.6. The normalized spacial score (nSPS) is 13.3. The number of aliphatic hydroxyl groups is 1. The molecule has 158 valence electrons. The zero-order valence-electron chi connectivity index (χ0n) is 16.1. The standard InChI is InChI=1S/C23H18F3N3OS/c24-23(25,26)18-9-2-1-8-16(18)21(30)15-7-5-6-14(12-15)17(13-27)22(29)31-20-11-4-3-10-19(20)28/h1-12,21,30H,28-29H2/b22-17-. The molecule has 0 saturated heterocycles. The first-order valence-electron chi connectivity index (χ1n) is 9.09. The average Bonchev–Trinajstić information content (AvgIpc) is 2.75. The summed E-state index contributed by atoms with van der Waals surface area (Å²) < 4.78 is 40.0. The van der Waals surface area contributed by atoms with Gasteiger partial charge in [-0.2, -0.15) is 18.4 Å². The molecule has 31 heavy (non-hydrogen) atoms. The number of para-hydroxylation sites is 1. The number of thioether (sulfide) groups is 1. The number of nitrogen functional groups attached to an aromatic ring is 1. The molecule has 3 aromatic rings. The molecule has 3 rings (SSSR count). The van der Waals surface area contributed by atoms with E-state index in [0.29, 0.717) is 16.1 Å². The number of hydrogen-bond donors (Lipinski definition) is 3. The van der Waals surface area contributed by atoms with Gasteiger partial charge in [0.15, 0.2) is 0 Å². The van der Waals surface area contributed by atoms with Crippen molar-refractivity contribution in [1.29, 1.82) is 5.26 Å². The number of rotatable bonds is 5. The Labute approximate surface area is 181 Å². The summed E-state index contributed by atoms with van der Waals surface area (Å²) in [5.41, 5.74) is 12.1. The fraction of sp³-hybridized carbons (Fsp3) is 0.0870. The van der Waals surface area contributed by atoms with E-state index in [9.17, 15) is 23.5 Å². The number of allylic oxidation sites excluding steroid dienone is 1. The molecular weight excluding hydrogens is 423 g/mol. The molecule has 5 N–H and O–H groups in total. The first-order chi connectivity index (χ1) is 14.7. The van der Waals surface area contributed by atoms with Gasteiger partial charge in [-0.3, -0.25) is 0 Å². The minimum atomic E-state index is -4.61. The maximum Gasteiger partial charge on any atom is 0.416 e. The van der Waals surface area contributed by atoms with E-state index >= 15 is 0 Å². The quantitative estimate of drug-likeness (QED) is 0.283. The van der Waals surface area contributed by atoms with Crippen LogP contribution < -0.4 is 11.5 Å². The minimum Gasteiger partial charge on any atom is -0.398 e. The maximum absolute atomic E-state index is 13.3. The molecule has 0 aliphatic heterocycles. The second-order valence-electron chi connectivity index (χ2n) is 6.60. The summed E-state index contributed by atoms with van der Waals surface area (Å²) in [5.74, 6) is 0. The van der Waals surface area contributed by atoms with E-state index < -0.39 is 17.8 Å². The first kappa shape index (κ1) is 22.3. The molecule has 0 aromatic heterocycles. The molecule has 3 aromatic carbocycles. The van der Waals surface area contributed by atoms with Gasteiger partial charge >= 0.3 is 6.18 Å². The highest BCUT2D eigenvalue weighted by molar-refractivity contribution is 8.03. The number of aliphatic hydroxyl groups excluding tert-OH is 1. The summed E-state index contributed by atoms with van der Waals surface area (Å²) in [6.45, 7) is 0. The van der Waals surface area contributed by atoms with Crippen LogP contribution in [0.3, 0.4) is 0 Å². The van der Waals surface area contributed by atoms with E-state index in [0.717, 1.165) is 17.8 Å². The van der Waals surface area contributed by atoms with Crippen LogP contribution in [0.15, 0.2) is 82.7 Å². The molecule has 4 nitrogen and oxygen atoms in total. The summed E-state index contributed by atoms with van der Waals surface area (Å²) in [7, 11) is 0. The van der Waals surface area contributed by atoms with Gasteiger partial charge in [-0.05, 0) is 41.0 Å². The molecule has 0 bridgehead atoms. The second-order valence-corrected chi connectivity index (χ2v) is 7.69. The summed E-state index contributed by atoms with van der Waals surface area (Å²) in [5, 5.41) is 20.5. The highest BCUT2D eigenvalue weighted by atomic mass is 32.2. The third-order valence-electron chi connectivity index (χ3n) is 4.55. The van der Waals surface area contributed by atoms with E-state index in [1.165, 1.54) is 30.3 Å². The van der Waals surface area contributed by atoms with Crippen LogP contribution >= 0.6 is 11.8 Å². The van der Waals surface area contributed by atoms with Crippen molar-refractivity contribution in [3.8, 4) is 6.07 Å². The maximum atomic E-state index is 13.3. The van der Waals surface area contributed by atoms with E-state index in [1.54, 1.807) is 36.4 Å². The Bertz CT molecular complexity index is 1170. The van der Waals surface area contributed by atoms with Crippen LogP contribution in [0.25, 0.3) is 5.57 Å². The van der Waals surface area contributed by atoms with Crippen LogP contribution in [0.5, 0.6) is 0 Å². The van der Waals surface area contributed by atoms with Gasteiger partial charge in [-0.1, -0.05) is 60.3 Å². The first-order valence-corrected chi connectivity index (χ1v) is 9.90. The molecule has 8 heteroatoms. The Morgan fingerprint density at radius 3 is 2.35 bits per heavy atom. The topological polar surface area (TPSA) is 96.1 Å². The van der Waals surface area contributed by atoms with Gasteiger partial charge in [0.25, 0.3) is 0 Å². The van der Waals surface area contributed by atoms with Gasteiger partial charge < -0.3 is 16.6 Å². The van der Waals surface area contributed by atoms with E-state index in [1.807, 2.05) is 6.07 Å². The van der Waals surface area contributed by atoms with Gasteiger partial charge in [0.05, 0.1) is 16.2 Å². The highest BCUT2D eigenvalue weighted by Gasteiger charge is 2.35. The average molecular weight is 441 g/mol. The van der Waals surface area contributed by atoms with E-state index in [4.69, 9.17) is 11.5 Å². The summed E-state index contributed by atoms with van der Waals surface area (Å²) in [6.07, 6.45) is -6.14. The Morgan fingerprint density at radius 1 is 1.00 bits per heavy atom. The Hall–Kier alpha value is -3.41.